The van der Waals surface area contributed by atoms with Gasteiger partial charge in [-0.25, -0.2) is 0 Å². The van der Waals surface area contributed by atoms with Crippen molar-refractivity contribution in [3.8, 4) is 0 Å². The molecule has 0 saturated carbocycles. The van der Waals surface area contributed by atoms with Crippen LogP contribution in [0.25, 0.3) is 0 Å². The standard InChI is InChI=1S/C12H14BrClOS/c1-8(2)16-7-11(15)5-9-3-4-10(13)6-12(9)14/h3-4,6,8H,5,7H2,1-2H3. The van der Waals surface area contributed by atoms with E-state index in [9.17, 15) is 4.79 Å². The molecule has 0 unspecified atom stereocenters. The number of hydrogen-bond donors (Lipinski definition) is 0. The molecule has 0 heterocycles. The highest BCUT2D eigenvalue weighted by Crippen LogP contribution is 2.22. The lowest BCUT2D eigenvalue weighted by atomic mass is 10.1. The number of halogens is 2. The van der Waals surface area contributed by atoms with E-state index in [2.05, 4.69) is 29.8 Å². The van der Waals surface area contributed by atoms with Gasteiger partial charge in [0.05, 0.1) is 5.75 Å². The van der Waals surface area contributed by atoms with E-state index >= 15 is 0 Å². The first-order valence-electron chi connectivity index (χ1n) is 5.06. The van der Waals surface area contributed by atoms with Gasteiger partial charge in [-0.3, -0.25) is 4.79 Å². The zero-order valence-corrected chi connectivity index (χ0v) is 12.5. The predicted molar refractivity (Wildman–Crippen MR) is 75.5 cm³/mol. The van der Waals surface area contributed by atoms with Crippen LogP contribution in [0.2, 0.25) is 5.02 Å². The molecule has 1 nitrogen and oxygen atoms in total. The summed E-state index contributed by atoms with van der Waals surface area (Å²) in [6.07, 6.45) is 0.422. The van der Waals surface area contributed by atoms with Crippen LogP contribution in [0.1, 0.15) is 19.4 Å². The van der Waals surface area contributed by atoms with Crippen LogP contribution < -0.4 is 0 Å². The summed E-state index contributed by atoms with van der Waals surface area (Å²) in [5.74, 6) is 0.785. The summed E-state index contributed by atoms with van der Waals surface area (Å²) < 4.78 is 0.935. The Kier molecular flexibility index (Phi) is 5.87. The molecule has 0 atom stereocenters. The van der Waals surface area contributed by atoms with Gasteiger partial charge in [0.25, 0.3) is 0 Å². The fourth-order valence-electron chi connectivity index (χ4n) is 1.19. The Morgan fingerprint density at radius 2 is 2.19 bits per heavy atom. The Morgan fingerprint density at radius 1 is 1.50 bits per heavy atom. The van der Waals surface area contributed by atoms with Crippen molar-refractivity contribution in [2.75, 3.05) is 5.75 Å². The van der Waals surface area contributed by atoms with Gasteiger partial charge < -0.3 is 0 Å². The molecule has 0 saturated heterocycles. The van der Waals surface area contributed by atoms with Crippen molar-refractivity contribution in [1.29, 1.82) is 0 Å². The second-order valence-corrected chi connectivity index (χ2v) is 6.70. The van der Waals surface area contributed by atoms with Crippen LogP contribution in [0.5, 0.6) is 0 Å². The van der Waals surface area contributed by atoms with E-state index in [-0.39, 0.29) is 5.78 Å². The Bertz CT molecular complexity index is 379. The lowest BCUT2D eigenvalue weighted by molar-refractivity contribution is -0.116. The summed E-state index contributed by atoms with van der Waals surface area (Å²) in [6.45, 7) is 4.18. The van der Waals surface area contributed by atoms with E-state index in [0.29, 0.717) is 22.4 Å². The number of ketones is 1. The molecule has 1 aromatic rings. The highest BCUT2D eigenvalue weighted by Gasteiger charge is 2.08. The third-order valence-electron chi connectivity index (χ3n) is 1.98. The Hall–Kier alpha value is 0.01000. The SMILES string of the molecule is CC(C)SCC(=O)Cc1ccc(Br)cc1Cl. The molecule has 0 aromatic heterocycles. The first-order chi connectivity index (χ1) is 7.49. The maximum atomic E-state index is 11.7. The average molecular weight is 322 g/mol. The number of carbonyl (C=O) groups is 1. The highest BCUT2D eigenvalue weighted by molar-refractivity contribution is 9.10. The van der Waals surface area contributed by atoms with Crippen molar-refractivity contribution in [3.63, 3.8) is 0 Å². The molecule has 0 amide bonds. The van der Waals surface area contributed by atoms with Gasteiger partial charge in [0.15, 0.2) is 0 Å². The van der Waals surface area contributed by atoms with Crippen LogP contribution in [-0.4, -0.2) is 16.8 Å². The molecular weight excluding hydrogens is 308 g/mol. The normalized spacial score (nSPS) is 10.8. The maximum absolute atomic E-state index is 11.7. The molecule has 88 valence electrons. The number of rotatable bonds is 5. The topological polar surface area (TPSA) is 17.1 Å². The molecule has 4 heteroatoms. The second-order valence-electron chi connectivity index (χ2n) is 3.81. The van der Waals surface area contributed by atoms with Gasteiger partial charge in [-0.2, -0.15) is 11.8 Å². The fourth-order valence-corrected chi connectivity index (χ4v) is 2.55. The predicted octanol–water partition coefficient (Wildman–Crippen LogP) is 4.36. The molecule has 1 aromatic carbocycles. The van der Waals surface area contributed by atoms with Crippen LogP contribution in [0.3, 0.4) is 0 Å². The molecule has 0 fully saturated rings. The van der Waals surface area contributed by atoms with Gasteiger partial charge in [-0.15, -0.1) is 0 Å². The van der Waals surface area contributed by atoms with Gasteiger partial charge in [-0.1, -0.05) is 47.4 Å². The maximum Gasteiger partial charge on any atom is 0.147 e. The average Bonchev–Trinajstić information content (AvgIpc) is 2.19. The molecule has 0 N–H and O–H groups in total. The van der Waals surface area contributed by atoms with Crippen LogP contribution >= 0.6 is 39.3 Å². The number of hydrogen-bond acceptors (Lipinski definition) is 2. The molecule has 0 aliphatic carbocycles. The monoisotopic (exact) mass is 320 g/mol. The largest absolute Gasteiger partial charge is 0.298 e. The smallest absolute Gasteiger partial charge is 0.147 e. The number of thioether (sulfide) groups is 1. The van der Waals surface area contributed by atoms with Crippen LogP contribution in [-0.2, 0) is 11.2 Å². The lowest BCUT2D eigenvalue weighted by Gasteiger charge is -2.06. The van der Waals surface area contributed by atoms with Gasteiger partial charge in [0.2, 0.25) is 0 Å². The molecule has 1 rings (SSSR count). The van der Waals surface area contributed by atoms with Crippen molar-refractivity contribution < 1.29 is 4.79 Å². The van der Waals surface area contributed by atoms with Gasteiger partial charge in [0, 0.05) is 15.9 Å². The van der Waals surface area contributed by atoms with Crippen molar-refractivity contribution in [3.05, 3.63) is 33.3 Å². The first kappa shape index (κ1) is 14.1. The van der Waals surface area contributed by atoms with E-state index in [1.165, 1.54) is 0 Å². The third kappa shape index (κ3) is 4.89. The quantitative estimate of drug-likeness (QED) is 0.801. The Labute approximate surface area is 114 Å². The Balaban J connectivity index is 2.56. The molecule has 16 heavy (non-hydrogen) atoms. The minimum Gasteiger partial charge on any atom is -0.298 e. The van der Waals surface area contributed by atoms with E-state index in [4.69, 9.17) is 11.6 Å². The van der Waals surface area contributed by atoms with E-state index in [1.54, 1.807) is 11.8 Å². The number of Topliss-reactive ketones (excluding diaryl/α,β-unsaturated/α-hetero) is 1. The third-order valence-corrected chi connectivity index (χ3v) is 3.98. The number of benzene rings is 1. The van der Waals surface area contributed by atoms with Crippen molar-refractivity contribution >= 4 is 45.1 Å². The molecule has 0 radical (unpaired) electrons. The van der Waals surface area contributed by atoms with Crippen LogP contribution in [0, 0.1) is 0 Å². The summed E-state index contributed by atoms with van der Waals surface area (Å²) >= 11 is 11.1. The molecule has 0 bridgehead atoms. The zero-order chi connectivity index (χ0) is 12.1. The number of carbonyl (C=O) groups excluding carboxylic acids is 1. The highest BCUT2D eigenvalue weighted by atomic mass is 79.9. The lowest BCUT2D eigenvalue weighted by Crippen LogP contribution is -2.08. The summed E-state index contributed by atoms with van der Waals surface area (Å²) in [5, 5.41) is 1.14. The van der Waals surface area contributed by atoms with E-state index < -0.39 is 0 Å². The van der Waals surface area contributed by atoms with Crippen LogP contribution in [0.15, 0.2) is 22.7 Å². The Morgan fingerprint density at radius 3 is 2.75 bits per heavy atom. The zero-order valence-electron chi connectivity index (χ0n) is 9.30. The second kappa shape index (κ2) is 6.67. The molecule has 0 spiro atoms. The van der Waals surface area contributed by atoms with Crippen molar-refractivity contribution in [2.45, 2.75) is 25.5 Å². The van der Waals surface area contributed by atoms with Gasteiger partial charge in [-0.05, 0) is 22.9 Å². The van der Waals surface area contributed by atoms with E-state index in [0.717, 1.165) is 10.0 Å². The first-order valence-corrected chi connectivity index (χ1v) is 7.28. The van der Waals surface area contributed by atoms with E-state index in [1.807, 2.05) is 18.2 Å². The summed E-state index contributed by atoms with van der Waals surface area (Å²) in [4.78, 5) is 11.7. The molecule has 0 aliphatic heterocycles. The van der Waals surface area contributed by atoms with Gasteiger partial charge in [0.1, 0.15) is 5.78 Å². The van der Waals surface area contributed by atoms with Crippen molar-refractivity contribution in [2.24, 2.45) is 0 Å². The summed E-state index contributed by atoms with van der Waals surface area (Å²) in [6, 6.07) is 5.62. The fraction of sp³-hybridized carbons (Fsp3) is 0.417. The molecule has 0 aliphatic rings. The summed E-state index contributed by atoms with van der Waals surface area (Å²) in [7, 11) is 0. The van der Waals surface area contributed by atoms with Gasteiger partial charge >= 0.3 is 0 Å². The summed E-state index contributed by atoms with van der Waals surface area (Å²) in [5.41, 5.74) is 0.902. The minimum absolute atomic E-state index is 0.225. The molecular formula is C12H14BrClOS. The van der Waals surface area contributed by atoms with Crippen LogP contribution in [0.4, 0.5) is 0 Å². The van der Waals surface area contributed by atoms with Crippen molar-refractivity contribution in [1.82, 2.24) is 0 Å². The minimum atomic E-state index is 0.225.